The quantitative estimate of drug-likeness (QED) is 0.269. The molecule has 1 aromatic rings. The molecule has 0 aliphatic rings. The number of aliphatic hydroxyl groups excluding tert-OH is 1. The van der Waals surface area contributed by atoms with Gasteiger partial charge in [0.1, 0.15) is 5.75 Å². The zero-order valence-electron chi connectivity index (χ0n) is 12.6. The van der Waals surface area contributed by atoms with Crippen molar-refractivity contribution < 1.29 is 42.1 Å². The summed E-state index contributed by atoms with van der Waals surface area (Å²) in [5.74, 6) is -3.56. The Morgan fingerprint density at radius 2 is 1.75 bits per heavy atom. The number of ether oxygens (including phenoxy) is 3. The molecule has 0 aromatic heterocycles. The molecule has 10 heteroatoms. The highest BCUT2D eigenvalue weighted by atomic mass is 19.4. The van der Waals surface area contributed by atoms with E-state index in [0.29, 0.717) is 5.75 Å². The van der Waals surface area contributed by atoms with Gasteiger partial charge in [0.15, 0.2) is 6.61 Å². The van der Waals surface area contributed by atoms with Crippen LogP contribution in [-0.2, 0) is 19.1 Å². The molecule has 1 aromatic carbocycles. The van der Waals surface area contributed by atoms with Crippen molar-refractivity contribution in [3.05, 3.63) is 35.8 Å². The maximum Gasteiger partial charge on any atom is 0.422 e. The molecule has 0 heterocycles. The van der Waals surface area contributed by atoms with Gasteiger partial charge in [-0.25, -0.2) is 4.79 Å². The number of carbonyl (C=O) groups excluding carboxylic acids is 2. The molecule has 0 fully saturated rings. The molecule has 0 saturated heterocycles. The second kappa shape index (κ2) is 8.09. The van der Waals surface area contributed by atoms with E-state index in [2.05, 4.69) is 14.8 Å². The summed E-state index contributed by atoms with van der Waals surface area (Å²) in [4.78, 5) is 23.6. The molecule has 1 amide bonds. The van der Waals surface area contributed by atoms with Crippen LogP contribution in [0.1, 0.15) is 0 Å². The lowest BCUT2D eigenvalue weighted by Gasteiger charge is -2.12. The Morgan fingerprint density at radius 3 is 2.21 bits per heavy atom. The van der Waals surface area contributed by atoms with Crippen molar-refractivity contribution in [2.75, 3.05) is 26.1 Å². The molecule has 7 nitrogen and oxygen atoms in total. The standard InChI is InChI=1S/C14H14F3NO6/c1-22-9-5-3-8(4-6-9)18-11(19)10(12(20)23-2)13(21)24-7-14(15,16)17/h3-6,20H,7H2,1-2H3,(H,18,19)/b12-10-. The van der Waals surface area contributed by atoms with Gasteiger partial charge in [-0.05, 0) is 24.3 Å². The van der Waals surface area contributed by atoms with Gasteiger partial charge in [0.05, 0.1) is 14.2 Å². The van der Waals surface area contributed by atoms with Crippen molar-refractivity contribution in [1.29, 1.82) is 0 Å². The van der Waals surface area contributed by atoms with Gasteiger partial charge >= 0.3 is 12.1 Å². The monoisotopic (exact) mass is 349 g/mol. The number of benzene rings is 1. The summed E-state index contributed by atoms with van der Waals surface area (Å²) in [6, 6.07) is 5.83. The zero-order chi connectivity index (χ0) is 18.3. The van der Waals surface area contributed by atoms with E-state index in [-0.39, 0.29) is 5.69 Å². The van der Waals surface area contributed by atoms with E-state index in [0.717, 1.165) is 7.11 Å². The Hall–Kier alpha value is -2.91. The van der Waals surface area contributed by atoms with E-state index >= 15 is 0 Å². The minimum Gasteiger partial charge on any atom is -0.497 e. The lowest BCUT2D eigenvalue weighted by Crippen LogP contribution is -2.28. The van der Waals surface area contributed by atoms with Gasteiger partial charge in [0.25, 0.3) is 11.9 Å². The van der Waals surface area contributed by atoms with Crippen LogP contribution in [0, 0.1) is 0 Å². The maximum absolute atomic E-state index is 12.1. The van der Waals surface area contributed by atoms with Gasteiger partial charge in [-0.2, -0.15) is 13.2 Å². The van der Waals surface area contributed by atoms with E-state index in [1.54, 1.807) is 0 Å². The molecule has 0 spiro atoms. The number of aliphatic hydroxyl groups is 1. The first-order chi connectivity index (χ1) is 11.2. The minimum absolute atomic E-state index is 0.200. The van der Waals surface area contributed by atoms with Crippen LogP contribution in [0.5, 0.6) is 5.75 Å². The average molecular weight is 349 g/mol. The Balaban J connectivity index is 2.91. The van der Waals surface area contributed by atoms with Gasteiger partial charge in [-0.1, -0.05) is 0 Å². The number of rotatable bonds is 6. The molecule has 0 radical (unpaired) electrons. The SMILES string of the molecule is CO/C(O)=C(/C(=O)Nc1ccc(OC)cc1)C(=O)OCC(F)(F)F. The highest BCUT2D eigenvalue weighted by Crippen LogP contribution is 2.18. The van der Waals surface area contributed by atoms with Crippen molar-refractivity contribution in [2.24, 2.45) is 0 Å². The summed E-state index contributed by atoms with van der Waals surface area (Å²) in [5, 5.41) is 11.7. The summed E-state index contributed by atoms with van der Waals surface area (Å²) < 4.78 is 49.4. The first-order valence-corrected chi connectivity index (χ1v) is 6.34. The number of nitrogens with one attached hydrogen (secondary N) is 1. The molecule has 0 aliphatic carbocycles. The molecular weight excluding hydrogens is 335 g/mol. The van der Waals surface area contributed by atoms with Crippen LogP contribution >= 0.6 is 0 Å². The zero-order valence-corrected chi connectivity index (χ0v) is 12.6. The Morgan fingerprint density at radius 1 is 1.17 bits per heavy atom. The lowest BCUT2D eigenvalue weighted by molar-refractivity contribution is -0.184. The molecule has 0 unspecified atom stereocenters. The van der Waals surface area contributed by atoms with E-state index in [1.807, 2.05) is 0 Å². The fourth-order valence-corrected chi connectivity index (χ4v) is 1.47. The Labute approximate surface area is 134 Å². The third kappa shape index (κ3) is 5.71. The van der Waals surface area contributed by atoms with E-state index < -0.39 is 36.2 Å². The van der Waals surface area contributed by atoms with Gasteiger partial charge in [-0.3, -0.25) is 4.79 Å². The number of carbonyl (C=O) groups is 2. The normalized spacial score (nSPS) is 12.0. The molecule has 2 N–H and O–H groups in total. The van der Waals surface area contributed by atoms with Crippen LogP contribution in [0.15, 0.2) is 35.8 Å². The fourth-order valence-electron chi connectivity index (χ4n) is 1.47. The number of esters is 1. The molecule has 0 bridgehead atoms. The molecule has 0 atom stereocenters. The summed E-state index contributed by atoms with van der Waals surface area (Å²) in [6.45, 7) is -1.91. The number of anilines is 1. The minimum atomic E-state index is -4.78. The van der Waals surface area contributed by atoms with E-state index in [9.17, 15) is 27.9 Å². The summed E-state index contributed by atoms with van der Waals surface area (Å²) >= 11 is 0. The fraction of sp³-hybridized carbons (Fsp3) is 0.286. The number of hydrogen-bond donors (Lipinski definition) is 2. The van der Waals surface area contributed by atoms with Gasteiger partial charge < -0.3 is 24.6 Å². The molecule has 24 heavy (non-hydrogen) atoms. The van der Waals surface area contributed by atoms with Crippen molar-refractivity contribution in [2.45, 2.75) is 6.18 Å². The number of alkyl halides is 3. The van der Waals surface area contributed by atoms with Crippen molar-refractivity contribution >= 4 is 17.6 Å². The van der Waals surface area contributed by atoms with Crippen LogP contribution in [0.3, 0.4) is 0 Å². The molecule has 1 rings (SSSR count). The predicted molar refractivity (Wildman–Crippen MR) is 75.3 cm³/mol. The van der Waals surface area contributed by atoms with Gasteiger partial charge in [0.2, 0.25) is 5.57 Å². The third-order valence-corrected chi connectivity index (χ3v) is 2.55. The van der Waals surface area contributed by atoms with Crippen molar-refractivity contribution in [3.63, 3.8) is 0 Å². The Bertz CT molecular complexity index is 624. The van der Waals surface area contributed by atoms with E-state index in [1.165, 1.54) is 31.4 Å². The maximum atomic E-state index is 12.1. The van der Waals surface area contributed by atoms with Gasteiger partial charge in [0, 0.05) is 5.69 Å². The summed E-state index contributed by atoms with van der Waals surface area (Å²) in [6.07, 6.45) is -4.78. The Kier molecular flexibility index (Phi) is 6.45. The van der Waals surface area contributed by atoms with Crippen LogP contribution in [0.2, 0.25) is 0 Å². The molecular formula is C14H14F3NO6. The molecule has 132 valence electrons. The number of hydrogen-bond acceptors (Lipinski definition) is 6. The molecule has 0 saturated carbocycles. The van der Waals surface area contributed by atoms with Crippen LogP contribution < -0.4 is 10.1 Å². The largest absolute Gasteiger partial charge is 0.497 e. The first-order valence-electron chi connectivity index (χ1n) is 6.34. The highest BCUT2D eigenvalue weighted by Gasteiger charge is 2.33. The second-order valence-electron chi connectivity index (χ2n) is 4.26. The summed E-state index contributed by atoms with van der Waals surface area (Å²) in [5.41, 5.74) is -0.900. The number of amides is 1. The lowest BCUT2D eigenvalue weighted by atomic mass is 10.2. The van der Waals surface area contributed by atoms with Gasteiger partial charge in [-0.15, -0.1) is 0 Å². The first kappa shape index (κ1) is 19.1. The van der Waals surface area contributed by atoms with Crippen molar-refractivity contribution in [1.82, 2.24) is 0 Å². The summed E-state index contributed by atoms with van der Waals surface area (Å²) in [7, 11) is 2.36. The molecule has 0 aliphatic heterocycles. The predicted octanol–water partition coefficient (Wildman–Crippen LogP) is 2.16. The number of methoxy groups -OCH3 is 2. The average Bonchev–Trinajstić information content (AvgIpc) is 2.53. The number of halogens is 3. The van der Waals surface area contributed by atoms with Crippen LogP contribution in [0.25, 0.3) is 0 Å². The highest BCUT2D eigenvalue weighted by molar-refractivity contribution is 6.21. The van der Waals surface area contributed by atoms with E-state index in [4.69, 9.17) is 4.74 Å². The van der Waals surface area contributed by atoms with Crippen molar-refractivity contribution in [3.8, 4) is 5.75 Å². The third-order valence-electron chi connectivity index (χ3n) is 2.55. The van der Waals surface area contributed by atoms with Crippen LogP contribution in [0.4, 0.5) is 18.9 Å². The van der Waals surface area contributed by atoms with Crippen LogP contribution in [-0.4, -0.2) is 44.0 Å². The second-order valence-corrected chi connectivity index (χ2v) is 4.26. The topological polar surface area (TPSA) is 94.1 Å². The smallest absolute Gasteiger partial charge is 0.422 e.